The van der Waals surface area contributed by atoms with Crippen molar-refractivity contribution >= 4 is 11.4 Å². The number of fused-ring (bicyclic) bond motifs is 2. The number of hydrogen-bond donors (Lipinski definition) is 2. The molecule has 2 atom stereocenters. The molecule has 3 aliphatic rings. The second kappa shape index (κ2) is 8.34. The number of rotatable bonds is 6. The van der Waals surface area contributed by atoms with Crippen LogP contribution in [0.2, 0.25) is 0 Å². The summed E-state index contributed by atoms with van der Waals surface area (Å²) in [7, 11) is 0. The number of anilines is 2. The maximum Gasteiger partial charge on any atom is 0.231 e. The van der Waals surface area contributed by atoms with E-state index < -0.39 is 6.10 Å². The number of nitrogens with one attached hydrogen (secondary N) is 1. The summed E-state index contributed by atoms with van der Waals surface area (Å²) in [4.78, 5) is 4.74. The van der Waals surface area contributed by atoms with Gasteiger partial charge in [-0.3, -0.25) is 0 Å². The van der Waals surface area contributed by atoms with E-state index in [1.54, 1.807) is 0 Å². The fourth-order valence-electron chi connectivity index (χ4n) is 4.67. The highest BCUT2D eigenvalue weighted by atomic mass is 16.7. The van der Waals surface area contributed by atoms with E-state index >= 15 is 0 Å². The topological polar surface area (TPSA) is 66.4 Å². The summed E-state index contributed by atoms with van der Waals surface area (Å²) in [5.74, 6) is 1.46. The van der Waals surface area contributed by atoms with Crippen LogP contribution in [0.3, 0.4) is 0 Å². The lowest BCUT2D eigenvalue weighted by Crippen LogP contribution is -2.50. The Bertz CT molecular complexity index is 885. The molecule has 0 radical (unpaired) electrons. The van der Waals surface area contributed by atoms with Crippen LogP contribution in [-0.4, -0.2) is 55.4 Å². The summed E-state index contributed by atoms with van der Waals surface area (Å²) in [6.07, 6.45) is 1.42. The summed E-state index contributed by atoms with van der Waals surface area (Å²) in [6, 6.07) is 14.5. The molecule has 3 heterocycles. The molecule has 30 heavy (non-hydrogen) atoms. The fraction of sp³-hybridized carbons (Fsp3) is 0.478. The summed E-state index contributed by atoms with van der Waals surface area (Å²) in [5.41, 5.74) is 3.22. The minimum atomic E-state index is -0.540. The number of piperidine rings is 1. The molecular formula is C23H29N3O4. The Balaban J connectivity index is 1.21. The number of aliphatic hydroxyl groups is 1. The van der Waals surface area contributed by atoms with E-state index in [1.807, 2.05) is 25.1 Å². The second-order valence-electron chi connectivity index (χ2n) is 8.04. The van der Waals surface area contributed by atoms with Gasteiger partial charge in [0.05, 0.1) is 17.5 Å². The molecule has 0 amide bonds. The molecule has 0 spiro atoms. The maximum atomic E-state index is 10.7. The van der Waals surface area contributed by atoms with Crippen molar-refractivity contribution in [3.8, 4) is 11.5 Å². The van der Waals surface area contributed by atoms with Crippen molar-refractivity contribution in [3.05, 3.63) is 48.0 Å². The number of ether oxygens (including phenoxy) is 3. The average molecular weight is 412 g/mol. The predicted octanol–water partition coefficient (Wildman–Crippen LogP) is 3.17. The number of aliphatic hydroxyl groups excluding tert-OH is 1. The molecule has 1 saturated heterocycles. The molecule has 0 aromatic heterocycles. The lowest BCUT2D eigenvalue weighted by molar-refractivity contribution is 0.0630. The van der Waals surface area contributed by atoms with Crippen molar-refractivity contribution < 1.29 is 19.3 Å². The molecule has 7 heteroatoms. The van der Waals surface area contributed by atoms with Crippen LogP contribution in [-0.2, 0) is 4.74 Å². The Morgan fingerprint density at radius 1 is 1.13 bits per heavy atom. The van der Waals surface area contributed by atoms with Crippen LogP contribution in [0.4, 0.5) is 11.4 Å². The SMILES string of the molecule is CCOC1Nc2ccccc2N1C1CCN(CC(O)c2ccc3c(c2)OCO3)CC1. The molecule has 2 unspecified atom stereocenters. The number of benzene rings is 2. The van der Waals surface area contributed by atoms with Crippen molar-refractivity contribution in [2.75, 3.05) is 43.3 Å². The van der Waals surface area contributed by atoms with Crippen molar-refractivity contribution in [3.63, 3.8) is 0 Å². The molecule has 2 aromatic rings. The minimum absolute atomic E-state index is 0.108. The van der Waals surface area contributed by atoms with Gasteiger partial charge in [-0.15, -0.1) is 0 Å². The third-order valence-corrected chi connectivity index (χ3v) is 6.20. The van der Waals surface area contributed by atoms with Gasteiger partial charge >= 0.3 is 0 Å². The van der Waals surface area contributed by atoms with E-state index in [9.17, 15) is 5.11 Å². The largest absolute Gasteiger partial charge is 0.454 e. The van der Waals surface area contributed by atoms with E-state index in [-0.39, 0.29) is 13.1 Å². The van der Waals surface area contributed by atoms with E-state index in [2.05, 4.69) is 39.4 Å². The van der Waals surface area contributed by atoms with Crippen molar-refractivity contribution in [1.29, 1.82) is 0 Å². The quantitative estimate of drug-likeness (QED) is 0.757. The van der Waals surface area contributed by atoms with E-state index in [1.165, 1.54) is 5.69 Å². The molecule has 0 saturated carbocycles. The van der Waals surface area contributed by atoms with Crippen molar-refractivity contribution in [2.45, 2.75) is 38.3 Å². The van der Waals surface area contributed by atoms with Crippen molar-refractivity contribution in [1.82, 2.24) is 4.90 Å². The summed E-state index contributed by atoms with van der Waals surface area (Å²) < 4.78 is 16.8. The lowest BCUT2D eigenvalue weighted by atomic mass is 10.0. The van der Waals surface area contributed by atoms with Crippen LogP contribution in [0.25, 0.3) is 0 Å². The zero-order chi connectivity index (χ0) is 20.5. The van der Waals surface area contributed by atoms with Gasteiger partial charge in [-0.05, 0) is 49.6 Å². The van der Waals surface area contributed by atoms with E-state index in [0.717, 1.165) is 42.9 Å². The standard InChI is InChI=1S/C23H29N3O4/c1-2-28-23-24-18-5-3-4-6-19(18)26(23)17-9-11-25(12-10-17)14-20(27)16-7-8-21-22(13-16)30-15-29-21/h3-8,13,17,20,23-24,27H,2,9-12,14-15H2,1H3. The highest BCUT2D eigenvalue weighted by molar-refractivity contribution is 5.75. The molecule has 2 N–H and O–H groups in total. The molecule has 5 rings (SSSR count). The third-order valence-electron chi connectivity index (χ3n) is 6.20. The molecule has 0 aliphatic carbocycles. The van der Waals surface area contributed by atoms with Gasteiger partial charge in [0.25, 0.3) is 0 Å². The van der Waals surface area contributed by atoms with Crippen LogP contribution >= 0.6 is 0 Å². The zero-order valence-electron chi connectivity index (χ0n) is 17.3. The van der Waals surface area contributed by atoms with Gasteiger partial charge in [-0.1, -0.05) is 18.2 Å². The molecule has 3 aliphatic heterocycles. The van der Waals surface area contributed by atoms with Crippen LogP contribution < -0.4 is 19.7 Å². The van der Waals surface area contributed by atoms with Crippen molar-refractivity contribution in [2.24, 2.45) is 0 Å². The Hall–Kier alpha value is -2.48. The van der Waals surface area contributed by atoms with Gasteiger partial charge < -0.3 is 34.4 Å². The Labute approximate surface area is 177 Å². The van der Waals surface area contributed by atoms with Gasteiger partial charge in [0.1, 0.15) is 0 Å². The number of para-hydroxylation sites is 2. The summed E-state index contributed by atoms with van der Waals surface area (Å²) in [6.45, 7) is 5.47. The fourth-order valence-corrected chi connectivity index (χ4v) is 4.67. The highest BCUT2D eigenvalue weighted by Crippen LogP contribution is 2.39. The Kier molecular flexibility index (Phi) is 5.41. The first-order valence-electron chi connectivity index (χ1n) is 10.8. The number of nitrogens with zero attached hydrogens (tertiary/aromatic N) is 2. The normalized spacial score (nSPS) is 22.1. The van der Waals surface area contributed by atoms with Crippen LogP contribution in [0, 0.1) is 0 Å². The number of hydrogen-bond acceptors (Lipinski definition) is 7. The molecule has 1 fully saturated rings. The molecule has 160 valence electrons. The maximum absolute atomic E-state index is 10.7. The third kappa shape index (κ3) is 3.69. The Morgan fingerprint density at radius 2 is 1.93 bits per heavy atom. The van der Waals surface area contributed by atoms with Gasteiger partial charge in [0.15, 0.2) is 11.5 Å². The zero-order valence-corrected chi connectivity index (χ0v) is 17.3. The van der Waals surface area contributed by atoms with E-state index in [0.29, 0.717) is 24.9 Å². The van der Waals surface area contributed by atoms with Gasteiger partial charge in [0, 0.05) is 32.3 Å². The molecular weight excluding hydrogens is 382 g/mol. The van der Waals surface area contributed by atoms with Crippen LogP contribution in [0.5, 0.6) is 11.5 Å². The first-order chi connectivity index (χ1) is 14.7. The molecule has 7 nitrogen and oxygen atoms in total. The molecule has 0 bridgehead atoms. The summed E-state index contributed by atoms with van der Waals surface area (Å²) >= 11 is 0. The van der Waals surface area contributed by atoms with E-state index in [4.69, 9.17) is 14.2 Å². The molecule has 2 aromatic carbocycles. The van der Waals surface area contributed by atoms with Crippen LogP contribution in [0.15, 0.2) is 42.5 Å². The van der Waals surface area contributed by atoms with Gasteiger partial charge in [-0.2, -0.15) is 0 Å². The first-order valence-corrected chi connectivity index (χ1v) is 10.8. The summed E-state index contributed by atoms with van der Waals surface area (Å²) in [5, 5.41) is 14.2. The average Bonchev–Trinajstić information content (AvgIpc) is 3.38. The lowest BCUT2D eigenvalue weighted by Gasteiger charge is -2.40. The number of β-amino-alcohol motifs (C(OH)–C–C–N with tert-alkyl or cyclic N) is 1. The van der Waals surface area contributed by atoms with Gasteiger partial charge in [0.2, 0.25) is 13.1 Å². The van der Waals surface area contributed by atoms with Crippen LogP contribution in [0.1, 0.15) is 31.4 Å². The highest BCUT2D eigenvalue weighted by Gasteiger charge is 2.36. The second-order valence-corrected chi connectivity index (χ2v) is 8.04. The first kappa shape index (κ1) is 19.5. The van der Waals surface area contributed by atoms with Gasteiger partial charge in [-0.25, -0.2) is 0 Å². The number of likely N-dealkylation sites (tertiary alicyclic amines) is 1. The monoisotopic (exact) mass is 411 g/mol. The predicted molar refractivity (Wildman–Crippen MR) is 115 cm³/mol. The smallest absolute Gasteiger partial charge is 0.231 e. The Morgan fingerprint density at radius 3 is 2.77 bits per heavy atom. The minimum Gasteiger partial charge on any atom is -0.454 e.